The van der Waals surface area contributed by atoms with E-state index in [1.807, 2.05) is 12.1 Å². The Labute approximate surface area is 172 Å². The minimum Gasteiger partial charge on any atom is -0.444 e. The predicted octanol–water partition coefficient (Wildman–Crippen LogP) is 4.48. The van der Waals surface area contributed by atoms with E-state index < -0.39 is 28.8 Å². The number of carbonyl (C=O) groups is 3. The number of anilines is 1. The van der Waals surface area contributed by atoms with Gasteiger partial charge in [-0.05, 0) is 66.5 Å². The third kappa shape index (κ3) is 5.08. The van der Waals surface area contributed by atoms with Crippen molar-refractivity contribution in [3.63, 3.8) is 0 Å². The molecule has 0 bridgehead atoms. The Kier molecular flexibility index (Phi) is 6.02. The van der Waals surface area contributed by atoms with E-state index in [-0.39, 0.29) is 5.91 Å². The Balaban J connectivity index is 2.25. The van der Waals surface area contributed by atoms with Crippen molar-refractivity contribution in [3.05, 3.63) is 29.8 Å². The number of carbonyl (C=O) groups excluding carboxylic acids is 3. The Morgan fingerprint density at radius 1 is 1.03 bits per heavy atom. The van der Waals surface area contributed by atoms with Crippen molar-refractivity contribution >= 4 is 23.8 Å². The summed E-state index contributed by atoms with van der Waals surface area (Å²) in [6, 6.07) is 7.19. The van der Waals surface area contributed by atoms with Gasteiger partial charge < -0.3 is 14.4 Å². The Morgan fingerprint density at radius 2 is 1.59 bits per heavy atom. The highest BCUT2D eigenvalue weighted by atomic mass is 16.6. The summed E-state index contributed by atoms with van der Waals surface area (Å²) < 4.78 is 10.8. The van der Waals surface area contributed by atoms with Gasteiger partial charge >= 0.3 is 12.2 Å². The number of rotatable bonds is 3. The molecule has 1 unspecified atom stereocenters. The van der Waals surface area contributed by atoms with E-state index in [9.17, 15) is 14.4 Å². The maximum Gasteiger partial charge on any atom is 0.421 e. The highest BCUT2D eigenvalue weighted by Gasteiger charge is 2.50. The lowest BCUT2D eigenvalue weighted by atomic mass is 9.80. The van der Waals surface area contributed by atoms with Crippen molar-refractivity contribution < 1.29 is 23.9 Å². The van der Waals surface area contributed by atoms with Gasteiger partial charge in [0, 0.05) is 13.6 Å². The molecule has 0 saturated heterocycles. The summed E-state index contributed by atoms with van der Waals surface area (Å²) in [5.74, 6) is -0.356. The minimum absolute atomic E-state index is 0.299. The van der Waals surface area contributed by atoms with Crippen molar-refractivity contribution in [2.75, 3.05) is 18.5 Å². The van der Waals surface area contributed by atoms with Crippen LogP contribution < -0.4 is 4.90 Å². The highest BCUT2D eigenvalue weighted by molar-refractivity contribution is 6.21. The second kappa shape index (κ2) is 7.69. The van der Waals surface area contributed by atoms with Gasteiger partial charge in [-0.1, -0.05) is 18.2 Å². The summed E-state index contributed by atoms with van der Waals surface area (Å²) in [7, 11) is 1.63. The molecule has 3 amide bonds. The van der Waals surface area contributed by atoms with Crippen LogP contribution in [0.5, 0.6) is 0 Å². The molecule has 160 valence electrons. The maximum atomic E-state index is 13.3. The van der Waals surface area contributed by atoms with Crippen molar-refractivity contribution in [3.8, 4) is 0 Å². The van der Waals surface area contributed by atoms with E-state index in [0.29, 0.717) is 18.7 Å². The Morgan fingerprint density at radius 3 is 2.14 bits per heavy atom. The molecule has 7 nitrogen and oxygen atoms in total. The summed E-state index contributed by atoms with van der Waals surface area (Å²) >= 11 is 0. The molecule has 0 fully saturated rings. The fraction of sp³-hybridized carbons (Fsp3) is 0.591. The quantitative estimate of drug-likeness (QED) is 0.742. The van der Waals surface area contributed by atoms with Crippen molar-refractivity contribution in [1.29, 1.82) is 0 Å². The second-order valence-electron chi connectivity index (χ2n) is 9.62. The molecular formula is C22H32N2O5. The molecule has 1 heterocycles. The number of ether oxygens (including phenoxy) is 2. The zero-order chi connectivity index (χ0) is 22.2. The van der Waals surface area contributed by atoms with Crippen LogP contribution in [0.1, 0.15) is 60.5 Å². The summed E-state index contributed by atoms with van der Waals surface area (Å²) in [6.07, 6.45) is -0.805. The standard InChI is InChI=1S/C22H32N2O5/c1-20(2,3)28-18(26)23(8)14-13-22(7)15-11-9-10-12-16(15)24(17(22)25)19(27)29-21(4,5)6/h9-12H,13-14H2,1-8H3. The predicted molar refractivity (Wildman–Crippen MR) is 111 cm³/mol. The van der Waals surface area contributed by atoms with Crippen LogP contribution in [0.15, 0.2) is 24.3 Å². The average Bonchev–Trinajstić information content (AvgIpc) is 2.78. The Hall–Kier alpha value is -2.57. The van der Waals surface area contributed by atoms with Gasteiger partial charge in [0.15, 0.2) is 0 Å². The molecule has 0 saturated carbocycles. The molecule has 29 heavy (non-hydrogen) atoms. The van der Waals surface area contributed by atoms with E-state index in [2.05, 4.69) is 0 Å². The zero-order valence-electron chi connectivity index (χ0n) is 18.7. The lowest BCUT2D eigenvalue weighted by molar-refractivity contribution is -0.122. The van der Waals surface area contributed by atoms with Crippen LogP contribution in [-0.4, -0.2) is 47.8 Å². The van der Waals surface area contributed by atoms with Crippen LogP contribution in [0, 0.1) is 0 Å². The average molecular weight is 405 g/mol. The van der Waals surface area contributed by atoms with Gasteiger partial charge in [0.05, 0.1) is 11.1 Å². The number of imide groups is 1. The molecule has 1 aliphatic heterocycles. The van der Waals surface area contributed by atoms with E-state index in [1.54, 1.807) is 67.6 Å². The molecule has 1 aliphatic rings. The summed E-state index contributed by atoms with van der Waals surface area (Å²) in [6.45, 7) is 12.8. The van der Waals surface area contributed by atoms with E-state index in [0.717, 1.165) is 10.5 Å². The number of amides is 3. The van der Waals surface area contributed by atoms with Gasteiger partial charge in [-0.3, -0.25) is 4.79 Å². The van der Waals surface area contributed by atoms with Crippen molar-refractivity contribution in [2.45, 2.75) is 71.5 Å². The normalized spacial score (nSPS) is 19.0. The third-order valence-corrected chi connectivity index (χ3v) is 4.64. The molecule has 7 heteroatoms. The molecule has 1 aromatic rings. The van der Waals surface area contributed by atoms with E-state index in [4.69, 9.17) is 9.47 Å². The first-order valence-electron chi connectivity index (χ1n) is 9.77. The molecule has 0 radical (unpaired) electrons. The molecule has 2 rings (SSSR count). The minimum atomic E-state index is -0.955. The number of benzene rings is 1. The number of para-hydroxylation sites is 1. The van der Waals surface area contributed by atoms with Crippen LogP contribution >= 0.6 is 0 Å². The van der Waals surface area contributed by atoms with Gasteiger partial charge in [-0.25, -0.2) is 14.5 Å². The third-order valence-electron chi connectivity index (χ3n) is 4.64. The summed E-state index contributed by atoms with van der Waals surface area (Å²) in [5.41, 5.74) is -1.01. The monoisotopic (exact) mass is 404 g/mol. The maximum absolute atomic E-state index is 13.3. The first-order valence-corrected chi connectivity index (χ1v) is 9.77. The van der Waals surface area contributed by atoms with Crippen molar-refractivity contribution in [2.24, 2.45) is 0 Å². The lowest BCUT2D eigenvalue weighted by Gasteiger charge is -2.29. The van der Waals surface area contributed by atoms with Gasteiger partial charge in [-0.2, -0.15) is 0 Å². The lowest BCUT2D eigenvalue weighted by Crippen LogP contribution is -2.45. The van der Waals surface area contributed by atoms with E-state index in [1.165, 1.54) is 4.90 Å². The zero-order valence-corrected chi connectivity index (χ0v) is 18.7. The molecule has 1 atom stereocenters. The molecule has 0 N–H and O–H groups in total. The fourth-order valence-electron chi connectivity index (χ4n) is 3.16. The second-order valence-corrected chi connectivity index (χ2v) is 9.62. The largest absolute Gasteiger partial charge is 0.444 e. The Bertz CT molecular complexity index is 806. The van der Waals surface area contributed by atoms with Crippen LogP contribution in [-0.2, 0) is 19.7 Å². The molecule has 0 spiro atoms. The number of hydrogen-bond donors (Lipinski definition) is 0. The fourth-order valence-corrected chi connectivity index (χ4v) is 3.16. The number of fused-ring (bicyclic) bond motifs is 1. The number of nitrogens with zero attached hydrogens (tertiary/aromatic N) is 2. The van der Waals surface area contributed by atoms with Crippen LogP contribution in [0.4, 0.5) is 15.3 Å². The van der Waals surface area contributed by atoms with Crippen molar-refractivity contribution in [1.82, 2.24) is 4.90 Å². The van der Waals surface area contributed by atoms with E-state index >= 15 is 0 Å². The first-order chi connectivity index (χ1) is 13.2. The number of hydrogen-bond acceptors (Lipinski definition) is 5. The smallest absolute Gasteiger partial charge is 0.421 e. The van der Waals surface area contributed by atoms with Gasteiger partial charge in [0.25, 0.3) is 0 Å². The van der Waals surface area contributed by atoms with Gasteiger partial charge in [0.1, 0.15) is 11.2 Å². The van der Waals surface area contributed by atoms with Crippen LogP contribution in [0.2, 0.25) is 0 Å². The van der Waals surface area contributed by atoms with Crippen LogP contribution in [0.25, 0.3) is 0 Å². The summed E-state index contributed by atoms with van der Waals surface area (Å²) in [5, 5.41) is 0. The molecule has 0 aromatic heterocycles. The van der Waals surface area contributed by atoms with Gasteiger partial charge in [0.2, 0.25) is 5.91 Å². The summed E-state index contributed by atoms with van der Waals surface area (Å²) in [4.78, 5) is 40.8. The first kappa shape index (κ1) is 22.7. The topological polar surface area (TPSA) is 76.2 Å². The van der Waals surface area contributed by atoms with Crippen LogP contribution in [0.3, 0.4) is 0 Å². The molecular weight excluding hydrogens is 372 g/mol. The van der Waals surface area contributed by atoms with Gasteiger partial charge in [-0.15, -0.1) is 0 Å². The molecule has 1 aromatic carbocycles. The highest BCUT2D eigenvalue weighted by Crippen LogP contribution is 2.44. The molecule has 0 aliphatic carbocycles. The SMILES string of the molecule is CN(CCC1(C)C(=O)N(C(=O)OC(C)(C)C)c2ccccc21)C(=O)OC(C)(C)C.